The van der Waals surface area contributed by atoms with Crippen LogP contribution in [0, 0.1) is 0 Å². The van der Waals surface area contributed by atoms with E-state index in [2.05, 4.69) is 21.5 Å². The molecule has 186 valence electrons. The van der Waals surface area contributed by atoms with E-state index in [1.54, 1.807) is 4.90 Å². The molecule has 6 N–H and O–H groups in total. The Labute approximate surface area is 193 Å². The molecule has 2 aliphatic rings. The highest BCUT2D eigenvalue weighted by Gasteiger charge is 2.37. The summed E-state index contributed by atoms with van der Waals surface area (Å²) >= 11 is 0. The highest BCUT2D eigenvalue weighted by atomic mass is 19.4. The number of alkyl halides is 3. The second kappa shape index (κ2) is 10.3. The van der Waals surface area contributed by atoms with Crippen LogP contribution in [-0.4, -0.2) is 77.1 Å². The molecule has 0 spiro atoms. The fraction of sp³-hybridized carbons (Fsp3) is 0.500. The monoisotopic (exact) mass is 485 g/mol. The van der Waals surface area contributed by atoms with E-state index in [0.29, 0.717) is 39.1 Å². The molecule has 0 radical (unpaired) electrons. The molecule has 34 heavy (non-hydrogen) atoms. The molecule has 1 aliphatic heterocycles. The van der Waals surface area contributed by atoms with Gasteiger partial charge < -0.3 is 31.3 Å². The number of allylic oxidation sites excluding steroid dienone is 2. The lowest BCUT2D eigenvalue weighted by atomic mass is 10.1. The lowest BCUT2D eigenvalue weighted by Crippen LogP contribution is -2.41. The van der Waals surface area contributed by atoms with Crippen LogP contribution in [0.2, 0.25) is 0 Å². The Hall–Kier alpha value is -3.39. The fourth-order valence-corrected chi connectivity index (χ4v) is 3.77. The van der Waals surface area contributed by atoms with E-state index in [-0.39, 0.29) is 29.7 Å². The number of morpholine rings is 1. The number of aliphatic imine (C=N–C) groups is 1. The number of carbonyl (C=O) groups is 1. The number of hydrogen-bond acceptors (Lipinski definition) is 9. The van der Waals surface area contributed by atoms with Crippen LogP contribution in [0.25, 0.3) is 5.57 Å². The van der Waals surface area contributed by atoms with E-state index < -0.39 is 35.7 Å². The molecule has 2 atom stereocenters. The van der Waals surface area contributed by atoms with E-state index in [1.807, 2.05) is 0 Å². The molecule has 0 unspecified atom stereocenters. The summed E-state index contributed by atoms with van der Waals surface area (Å²) in [5.74, 6) is -0.402. The molecule has 1 aliphatic carbocycles. The Morgan fingerprint density at radius 1 is 1.29 bits per heavy atom. The molecule has 1 amide bonds. The number of nitrogens with zero attached hydrogens (tertiary/aromatic N) is 5. The molecule has 1 saturated heterocycles. The number of amides is 1. The van der Waals surface area contributed by atoms with Gasteiger partial charge in [-0.25, -0.2) is 14.8 Å². The minimum Gasteiger partial charge on any atom is -0.465 e. The minimum atomic E-state index is -4.93. The van der Waals surface area contributed by atoms with E-state index >= 15 is 0 Å². The number of hydrogen-bond donors (Lipinski definition) is 4. The van der Waals surface area contributed by atoms with Gasteiger partial charge in [0, 0.05) is 37.0 Å². The van der Waals surface area contributed by atoms with E-state index in [9.17, 15) is 28.2 Å². The lowest BCUT2D eigenvalue weighted by molar-refractivity contribution is -0.0919. The van der Waals surface area contributed by atoms with Crippen molar-refractivity contribution < 1.29 is 32.9 Å². The van der Waals surface area contributed by atoms with Gasteiger partial charge in [-0.2, -0.15) is 18.2 Å². The molecule has 1 aromatic heterocycles. The number of carboxylic acid groups (broad SMARTS) is 1. The first-order valence-electron chi connectivity index (χ1n) is 10.4. The summed E-state index contributed by atoms with van der Waals surface area (Å²) in [6, 6.07) is 0.486. The Morgan fingerprint density at radius 3 is 2.50 bits per heavy atom. The van der Waals surface area contributed by atoms with Crippen molar-refractivity contribution in [1.29, 1.82) is 0 Å². The zero-order valence-corrected chi connectivity index (χ0v) is 18.2. The normalized spacial score (nSPS) is 22.1. The largest absolute Gasteiger partial charge is 0.465 e. The Balaban J connectivity index is 2.20. The number of nitrogens with two attached hydrogens (primary N) is 2. The molecule has 1 aromatic rings. The van der Waals surface area contributed by atoms with Crippen LogP contribution >= 0.6 is 0 Å². The van der Waals surface area contributed by atoms with Crippen molar-refractivity contribution in [3.05, 3.63) is 29.9 Å². The second-order valence-electron chi connectivity index (χ2n) is 7.86. The van der Waals surface area contributed by atoms with Gasteiger partial charge in [0.05, 0.1) is 25.0 Å². The smallest absolute Gasteiger partial charge is 0.431 e. The van der Waals surface area contributed by atoms with E-state index in [0.717, 1.165) is 17.2 Å². The van der Waals surface area contributed by atoms with Crippen molar-refractivity contribution in [3.63, 3.8) is 0 Å². The average Bonchev–Trinajstić information content (AvgIpc) is 3.18. The quantitative estimate of drug-likeness (QED) is 0.437. The molecule has 2 fully saturated rings. The first kappa shape index (κ1) is 25.2. The van der Waals surface area contributed by atoms with Gasteiger partial charge in [-0.05, 0) is 19.3 Å². The molecule has 14 heteroatoms. The number of rotatable bonds is 6. The maximum absolute atomic E-state index is 13.5. The van der Waals surface area contributed by atoms with Gasteiger partial charge in [0.15, 0.2) is 0 Å². The van der Waals surface area contributed by atoms with Crippen molar-refractivity contribution in [2.45, 2.75) is 37.6 Å². The maximum Gasteiger partial charge on any atom is 0.431 e. The third kappa shape index (κ3) is 5.94. The van der Waals surface area contributed by atoms with Crippen molar-refractivity contribution in [1.82, 2.24) is 9.97 Å². The third-order valence-corrected chi connectivity index (χ3v) is 5.42. The summed E-state index contributed by atoms with van der Waals surface area (Å²) in [6.45, 7) is 4.70. The van der Waals surface area contributed by atoms with Crippen molar-refractivity contribution in [3.8, 4) is 0 Å². The maximum atomic E-state index is 13.5. The zero-order chi connectivity index (χ0) is 25.0. The highest BCUT2D eigenvalue weighted by Crippen LogP contribution is 2.33. The van der Waals surface area contributed by atoms with Gasteiger partial charge in [0.25, 0.3) is 0 Å². The van der Waals surface area contributed by atoms with Crippen LogP contribution in [0.3, 0.4) is 0 Å². The van der Waals surface area contributed by atoms with Gasteiger partial charge in [-0.3, -0.25) is 4.90 Å². The Kier molecular flexibility index (Phi) is 7.61. The van der Waals surface area contributed by atoms with Crippen LogP contribution < -0.4 is 21.3 Å². The van der Waals surface area contributed by atoms with Gasteiger partial charge in [0.2, 0.25) is 5.95 Å². The minimum absolute atomic E-state index is 0.00745. The number of halogens is 3. The van der Waals surface area contributed by atoms with Crippen LogP contribution in [0.4, 0.5) is 29.7 Å². The molecule has 11 nitrogen and oxygen atoms in total. The van der Waals surface area contributed by atoms with Gasteiger partial charge >= 0.3 is 12.3 Å². The van der Waals surface area contributed by atoms with Gasteiger partial charge in [0.1, 0.15) is 17.3 Å². The summed E-state index contributed by atoms with van der Waals surface area (Å²) < 4.78 is 45.9. The van der Waals surface area contributed by atoms with Crippen LogP contribution in [0.15, 0.2) is 29.2 Å². The molecule has 2 heterocycles. The number of aromatic nitrogens is 2. The van der Waals surface area contributed by atoms with Crippen LogP contribution in [0.1, 0.15) is 25.0 Å². The predicted octanol–water partition coefficient (Wildman–Crippen LogP) is 1.44. The van der Waals surface area contributed by atoms with Gasteiger partial charge in [-0.1, -0.05) is 6.58 Å². The fourth-order valence-electron chi connectivity index (χ4n) is 3.77. The summed E-state index contributed by atoms with van der Waals surface area (Å²) in [5, 5.41) is 19.8. The van der Waals surface area contributed by atoms with E-state index in [1.165, 1.54) is 0 Å². The molecule has 1 saturated carbocycles. The summed E-state index contributed by atoms with van der Waals surface area (Å²) in [7, 11) is 0. The summed E-state index contributed by atoms with van der Waals surface area (Å²) in [5.41, 5.74) is 8.39. The average molecular weight is 485 g/mol. The van der Waals surface area contributed by atoms with Crippen LogP contribution in [0.5, 0.6) is 0 Å². The zero-order valence-electron chi connectivity index (χ0n) is 18.2. The first-order chi connectivity index (χ1) is 16.0. The van der Waals surface area contributed by atoms with Crippen molar-refractivity contribution in [2.24, 2.45) is 16.5 Å². The Bertz CT molecular complexity index is 993. The molecular weight excluding hydrogens is 459 g/mol. The highest BCUT2D eigenvalue weighted by molar-refractivity contribution is 6.11. The molecule has 0 aromatic carbocycles. The Morgan fingerprint density at radius 2 is 1.97 bits per heavy atom. The summed E-state index contributed by atoms with van der Waals surface area (Å²) in [6.07, 6.45) is -5.28. The van der Waals surface area contributed by atoms with Crippen LogP contribution in [-0.2, 0) is 4.74 Å². The number of ether oxygens (including phenoxy) is 1. The second-order valence-corrected chi connectivity index (χ2v) is 7.86. The number of anilines is 2. The summed E-state index contributed by atoms with van der Waals surface area (Å²) in [4.78, 5) is 27.0. The first-order valence-corrected chi connectivity index (χ1v) is 10.4. The third-order valence-electron chi connectivity index (χ3n) is 5.42. The van der Waals surface area contributed by atoms with Crippen molar-refractivity contribution in [2.75, 3.05) is 36.1 Å². The molecular formula is C20H26F3N7O4. The standard InChI is InChI=1S/C20H26F3N7O4/c1-11(24)26-10-14(17(25)20(21,22)23)15-9-16(28-18(27-15)29-4-6-34-7-5-29)30(19(32)33)12-2-3-13(31)8-12/h9-10,12-13,31H,1-8,24-25H2,(H,32,33)/b17-14+,26-10-/t12-,13-/m0/s1. The molecule has 0 bridgehead atoms. The number of aliphatic hydroxyl groups excluding tert-OH is 1. The van der Waals surface area contributed by atoms with Gasteiger partial charge in [-0.15, -0.1) is 0 Å². The SMILES string of the molecule is C=C(N)/N=C\C(=C(/N)C(F)(F)F)c1cc(N(C(=O)O)[C@H]2CC[C@H](O)C2)nc(N2CCOCC2)n1. The van der Waals surface area contributed by atoms with E-state index in [4.69, 9.17) is 16.2 Å². The number of aliphatic hydroxyl groups is 1. The topological polar surface area (TPSA) is 163 Å². The van der Waals surface area contributed by atoms with Crippen molar-refractivity contribution >= 4 is 29.6 Å². The lowest BCUT2D eigenvalue weighted by Gasteiger charge is -2.30. The molecule has 3 rings (SSSR count). The predicted molar refractivity (Wildman–Crippen MR) is 118 cm³/mol.